The van der Waals surface area contributed by atoms with Crippen molar-refractivity contribution in [2.75, 3.05) is 27.9 Å². The van der Waals surface area contributed by atoms with Gasteiger partial charge in [0.05, 0.1) is 38.6 Å². The highest BCUT2D eigenvalue weighted by atomic mass is 127. The maximum absolute atomic E-state index is 12.2. The molecule has 1 aliphatic rings. The van der Waals surface area contributed by atoms with Gasteiger partial charge in [-0.1, -0.05) is 18.2 Å². The Morgan fingerprint density at radius 2 is 1.64 bits per heavy atom. The van der Waals surface area contributed by atoms with Gasteiger partial charge in [-0.15, -0.1) is 0 Å². The Balaban J connectivity index is 0.000000294. The summed E-state index contributed by atoms with van der Waals surface area (Å²) >= 11 is 1.66. The van der Waals surface area contributed by atoms with Crippen LogP contribution in [0.25, 0.3) is 0 Å². The highest BCUT2D eigenvalue weighted by Crippen LogP contribution is 2.39. The second-order valence-corrected chi connectivity index (χ2v) is 7.95. The van der Waals surface area contributed by atoms with Crippen molar-refractivity contribution in [3.63, 3.8) is 0 Å². The molecule has 33 heavy (non-hydrogen) atoms. The second kappa shape index (κ2) is 13.5. The number of hydrogen-bond donors (Lipinski definition) is 2. The topological polar surface area (TPSA) is 121 Å². The summed E-state index contributed by atoms with van der Waals surface area (Å²) in [4.78, 5) is 23.7. The molecule has 1 fully saturated rings. The summed E-state index contributed by atoms with van der Waals surface area (Å²) in [6.45, 7) is -0.0586. The number of rotatable bonds is 7. The molecule has 0 aliphatic carbocycles. The summed E-state index contributed by atoms with van der Waals surface area (Å²) in [6.07, 6.45) is -0.0611. The normalized spacial score (nSPS) is 19.6. The lowest BCUT2D eigenvalue weighted by atomic mass is 10.1. The Kier molecular flexibility index (Phi) is 11.0. The molecule has 10 heteroatoms. The molecule has 2 N–H and O–H groups in total. The smallest absolute Gasteiger partial charge is 0.343 e. The Bertz CT molecular complexity index is 882. The van der Waals surface area contributed by atoms with Crippen LogP contribution < -0.4 is 14.2 Å². The van der Waals surface area contributed by atoms with E-state index in [9.17, 15) is 14.7 Å². The number of carbonyl (C=O) groups excluding carboxylic acids is 2. The SMILES string of the molecule is COC1CC(O)CC(CO)O1.COc1cc(C(=O)I)cc(OC)c1OC(=O)c1ccccc1. The third-order valence-electron chi connectivity index (χ3n) is 4.70. The molecule has 2 aromatic rings. The maximum Gasteiger partial charge on any atom is 0.343 e. The molecule has 0 spiro atoms. The van der Waals surface area contributed by atoms with Crippen molar-refractivity contribution in [2.24, 2.45) is 0 Å². The van der Waals surface area contributed by atoms with Crippen LogP contribution >= 0.6 is 22.6 Å². The molecule has 2 aromatic carbocycles. The number of halogens is 1. The number of esters is 1. The highest BCUT2D eigenvalue weighted by Gasteiger charge is 2.27. The summed E-state index contributed by atoms with van der Waals surface area (Å²) in [5.74, 6) is 0.110. The van der Waals surface area contributed by atoms with Gasteiger partial charge in [0, 0.05) is 48.1 Å². The van der Waals surface area contributed by atoms with Gasteiger partial charge >= 0.3 is 5.97 Å². The summed E-state index contributed by atoms with van der Waals surface area (Å²) < 4.78 is 25.7. The van der Waals surface area contributed by atoms with E-state index in [0.29, 0.717) is 24.0 Å². The molecule has 1 heterocycles. The lowest BCUT2D eigenvalue weighted by Gasteiger charge is -2.30. The number of ether oxygens (including phenoxy) is 5. The molecular formula is C23H27IO9. The third kappa shape index (κ3) is 7.93. The Morgan fingerprint density at radius 1 is 1.03 bits per heavy atom. The molecule has 0 saturated carbocycles. The monoisotopic (exact) mass is 574 g/mol. The van der Waals surface area contributed by atoms with Crippen LogP contribution in [0.15, 0.2) is 42.5 Å². The van der Waals surface area contributed by atoms with Crippen LogP contribution in [0.1, 0.15) is 33.6 Å². The Labute approximate surface area is 205 Å². The standard InChI is InChI=1S/C16H13IO5.C7H14O4/c1-20-12-8-11(15(17)18)9-13(21-2)14(12)22-16(19)10-6-4-3-5-7-10;1-10-7-3-5(9)2-6(4-8)11-7/h3-9H,1-2H3;5-9H,2-4H2,1H3. The van der Waals surface area contributed by atoms with Crippen LogP contribution in [0.2, 0.25) is 0 Å². The minimum atomic E-state index is -0.536. The van der Waals surface area contributed by atoms with Gasteiger partial charge in [0.25, 0.3) is 0 Å². The van der Waals surface area contributed by atoms with E-state index in [2.05, 4.69) is 0 Å². The Morgan fingerprint density at radius 3 is 2.12 bits per heavy atom. The van der Waals surface area contributed by atoms with Gasteiger partial charge in [-0.05, 0) is 24.3 Å². The van der Waals surface area contributed by atoms with Crippen LogP contribution in [-0.4, -0.2) is 66.4 Å². The molecule has 9 nitrogen and oxygen atoms in total. The van der Waals surface area contributed by atoms with Crippen LogP contribution in [0.5, 0.6) is 17.2 Å². The minimum absolute atomic E-state index is 0.0586. The molecule has 180 valence electrons. The zero-order valence-corrected chi connectivity index (χ0v) is 20.7. The Hall–Kier alpha value is -2.25. The van der Waals surface area contributed by atoms with E-state index in [1.54, 1.807) is 52.9 Å². The second-order valence-electron chi connectivity index (χ2n) is 6.97. The van der Waals surface area contributed by atoms with Crippen LogP contribution in [0.4, 0.5) is 0 Å². The molecule has 0 radical (unpaired) electrons. The summed E-state index contributed by atoms with van der Waals surface area (Å²) in [6, 6.07) is 11.6. The van der Waals surface area contributed by atoms with Gasteiger partial charge in [-0.25, -0.2) is 4.79 Å². The molecule has 0 bridgehead atoms. The number of hydrogen-bond acceptors (Lipinski definition) is 9. The van der Waals surface area contributed by atoms with Crippen molar-refractivity contribution < 1.29 is 43.5 Å². The summed E-state index contributed by atoms with van der Waals surface area (Å²) in [5.41, 5.74) is 0.800. The first-order valence-electron chi connectivity index (χ1n) is 10.0. The maximum atomic E-state index is 12.2. The first-order valence-corrected chi connectivity index (χ1v) is 11.1. The quantitative estimate of drug-likeness (QED) is 0.223. The van der Waals surface area contributed by atoms with E-state index in [4.69, 9.17) is 28.8 Å². The van der Waals surface area contributed by atoms with E-state index in [0.717, 1.165) is 0 Å². The fourth-order valence-corrected chi connectivity index (χ4v) is 3.35. The van der Waals surface area contributed by atoms with Gasteiger partial charge in [-0.2, -0.15) is 0 Å². The average molecular weight is 574 g/mol. The first-order chi connectivity index (χ1) is 15.8. The zero-order valence-electron chi connectivity index (χ0n) is 18.5. The van der Waals surface area contributed by atoms with Gasteiger partial charge in [0.1, 0.15) is 0 Å². The van der Waals surface area contributed by atoms with E-state index in [1.165, 1.54) is 33.5 Å². The molecule has 1 aliphatic heterocycles. The predicted molar refractivity (Wildman–Crippen MR) is 127 cm³/mol. The number of benzene rings is 2. The van der Waals surface area contributed by atoms with E-state index >= 15 is 0 Å². The lowest BCUT2D eigenvalue weighted by Crippen LogP contribution is -2.38. The fraction of sp³-hybridized carbons (Fsp3) is 0.391. The van der Waals surface area contributed by atoms with Crippen molar-refractivity contribution in [1.29, 1.82) is 0 Å². The van der Waals surface area contributed by atoms with Gasteiger partial charge in [-0.3, -0.25) is 4.79 Å². The number of carbonyl (C=O) groups is 2. The van der Waals surface area contributed by atoms with Crippen molar-refractivity contribution in [3.05, 3.63) is 53.6 Å². The lowest BCUT2D eigenvalue weighted by molar-refractivity contribution is -0.210. The predicted octanol–water partition coefficient (Wildman–Crippen LogP) is 2.99. The van der Waals surface area contributed by atoms with E-state index in [1.807, 2.05) is 0 Å². The summed E-state index contributed by atoms with van der Waals surface area (Å²) in [5, 5.41) is 18.0. The van der Waals surface area contributed by atoms with Crippen molar-refractivity contribution in [1.82, 2.24) is 0 Å². The molecule has 3 rings (SSSR count). The van der Waals surface area contributed by atoms with Crippen LogP contribution in [0, 0.1) is 0 Å². The highest BCUT2D eigenvalue weighted by molar-refractivity contribution is 14.1. The van der Waals surface area contributed by atoms with E-state index in [-0.39, 0.29) is 40.0 Å². The van der Waals surface area contributed by atoms with Gasteiger partial charge < -0.3 is 33.9 Å². The molecular weight excluding hydrogens is 547 g/mol. The van der Waals surface area contributed by atoms with Gasteiger partial charge in [0.15, 0.2) is 17.8 Å². The summed E-state index contributed by atoms with van der Waals surface area (Å²) in [7, 11) is 4.38. The molecule has 3 atom stereocenters. The minimum Gasteiger partial charge on any atom is -0.493 e. The molecule has 1 saturated heterocycles. The fourth-order valence-electron chi connectivity index (χ4n) is 3.04. The van der Waals surface area contributed by atoms with Gasteiger partial charge in [0.2, 0.25) is 9.54 Å². The zero-order chi connectivity index (χ0) is 24.4. The average Bonchev–Trinajstić information content (AvgIpc) is 2.84. The largest absolute Gasteiger partial charge is 0.493 e. The number of methoxy groups -OCH3 is 3. The van der Waals surface area contributed by atoms with Crippen molar-refractivity contribution in [3.8, 4) is 17.2 Å². The van der Waals surface area contributed by atoms with Crippen LogP contribution in [0.3, 0.4) is 0 Å². The van der Waals surface area contributed by atoms with Crippen LogP contribution in [-0.2, 0) is 9.47 Å². The number of aliphatic hydroxyl groups is 2. The first kappa shape index (κ1) is 27.0. The number of aliphatic hydroxyl groups excluding tert-OH is 2. The molecule has 0 aromatic heterocycles. The van der Waals surface area contributed by atoms with E-state index < -0.39 is 12.1 Å². The van der Waals surface area contributed by atoms with Crippen molar-refractivity contribution >= 4 is 32.4 Å². The molecule has 0 amide bonds. The third-order valence-corrected chi connectivity index (χ3v) is 5.32. The van der Waals surface area contributed by atoms with Crippen molar-refractivity contribution in [2.45, 2.75) is 31.3 Å². The molecule has 3 unspecified atom stereocenters.